The molecular weight excluding hydrogens is 364 g/mol. The molecule has 1 N–H and O–H groups in total. The van der Waals surface area contributed by atoms with Gasteiger partial charge in [-0.2, -0.15) is 0 Å². The highest BCUT2D eigenvalue weighted by Crippen LogP contribution is 2.32. The van der Waals surface area contributed by atoms with Crippen LogP contribution >= 0.6 is 34.3 Å². The summed E-state index contributed by atoms with van der Waals surface area (Å²) < 4.78 is 23.4. The maximum Gasteiger partial charge on any atom is 0.270 e. The first-order valence-electron chi connectivity index (χ1n) is 6.63. The molecule has 2 aromatic rings. The highest BCUT2D eigenvalue weighted by atomic mass is 35.5. The fourth-order valence-electron chi connectivity index (χ4n) is 2.28. The summed E-state index contributed by atoms with van der Waals surface area (Å²) in [5, 5.41) is 5.22. The van der Waals surface area contributed by atoms with Gasteiger partial charge in [0.05, 0.1) is 20.7 Å². The fraction of sp³-hybridized carbons (Fsp3) is 0.385. The average Bonchev–Trinajstić information content (AvgIpc) is 3.15. The van der Waals surface area contributed by atoms with Crippen LogP contribution in [-0.4, -0.2) is 37.4 Å². The second kappa shape index (κ2) is 6.27. The number of nitrogens with zero attached hydrogens (tertiary/aromatic N) is 1. The van der Waals surface area contributed by atoms with E-state index in [0.29, 0.717) is 23.0 Å². The quantitative estimate of drug-likeness (QED) is 0.890. The summed E-state index contributed by atoms with van der Waals surface area (Å²) in [6.07, 6.45) is 0.610. The van der Waals surface area contributed by atoms with Crippen molar-refractivity contribution in [3.8, 4) is 9.88 Å². The summed E-state index contributed by atoms with van der Waals surface area (Å²) in [6, 6.07) is 3.67. The first-order chi connectivity index (χ1) is 10.4. The average molecular weight is 377 g/mol. The molecule has 3 heterocycles. The zero-order valence-corrected chi connectivity index (χ0v) is 14.6. The molecule has 1 aliphatic rings. The Morgan fingerprint density at radius 1 is 1.45 bits per heavy atom. The Kier molecular flexibility index (Phi) is 4.54. The van der Waals surface area contributed by atoms with Crippen LogP contribution < -0.4 is 5.32 Å². The lowest BCUT2D eigenvalue weighted by molar-refractivity contribution is 0.0944. The molecule has 5 nitrogen and oxygen atoms in total. The van der Waals surface area contributed by atoms with Crippen molar-refractivity contribution in [3.05, 3.63) is 27.5 Å². The Bertz CT molecular complexity index is 797. The van der Waals surface area contributed by atoms with Crippen LogP contribution in [0.25, 0.3) is 9.88 Å². The van der Waals surface area contributed by atoms with E-state index in [4.69, 9.17) is 11.6 Å². The minimum Gasteiger partial charge on any atom is -0.350 e. The Morgan fingerprint density at radius 2 is 2.27 bits per heavy atom. The normalized spacial score (nSPS) is 20.1. The molecule has 0 radical (unpaired) electrons. The summed E-state index contributed by atoms with van der Waals surface area (Å²) in [4.78, 5) is 17.3. The second-order valence-electron chi connectivity index (χ2n) is 5.12. The van der Waals surface area contributed by atoms with E-state index < -0.39 is 9.84 Å². The van der Waals surface area contributed by atoms with Gasteiger partial charge in [-0.15, -0.1) is 22.7 Å². The van der Waals surface area contributed by atoms with Gasteiger partial charge in [-0.1, -0.05) is 11.6 Å². The predicted octanol–water partition coefficient (Wildman–Crippen LogP) is 2.69. The molecule has 3 rings (SSSR count). The highest BCUT2D eigenvalue weighted by molar-refractivity contribution is 7.91. The van der Waals surface area contributed by atoms with Crippen LogP contribution in [0, 0.1) is 5.92 Å². The maximum absolute atomic E-state index is 12.1. The smallest absolute Gasteiger partial charge is 0.270 e. The standard InChI is InChI=1S/C13H13ClN2O3S3/c14-11-2-1-10(21-11)13-16-9(6-20-13)12(17)15-5-8-3-4-22(18,19)7-8/h1-2,6,8H,3-5,7H2,(H,15,17)/t8-/m0/s1. The number of nitrogens with one attached hydrogen (secondary N) is 1. The molecule has 9 heteroatoms. The first kappa shape index (κ1) is 15.9. The summed E-state index contributed by atoms with van der Waals surface area (Å²) in [5.74, 6) is 0.106. The minimum absolute atomic E-state index is 0.00292. The predicted molar refractivity (Wildman–Crippen MR) is 89.5 cm³/mol. The van der Waals surface area contributed by atoms with Gasteiger partial charge in [0.25, 0.3) is 5.91 Å². The van der Waals surface area contributed by atoms with Crippen molar-refractivity contribution in [2.45, 2.75) is 6.42 Å². The van der Waals surface area contributed by atoms with E-state index >= 15 is 0 Å². The van der Waals surface area contributed by atoms with Gasteiger partial charge in [-0.25, -0.2) is 13.4 Å². The van der Waals surface area contributed by atoms with Gasteiger partial charge in [-0.3, -0.25) is 4.79 Å². The van der Waals surface area contributed by atoms with Gasteiger partial charge >= 0.3 is 0 Å². The Morgan fingerprint density at radius 3 is 2.91 bits per heavy atom. The molecule has 0 saturated carbocycles. The number of hydrogen-bond acceptors (Lipinski definition) is 6. The third kappa shape index (κ3) is 3.68. The topological polar surface area (TPSA) is 76.1 Å². The Hall–Kier alpha value is -0.960. The van der Waals surface area contributed by atoms with Crippen molar-refractivity contribution in [3.63, 3.8) is 0 Å². The van der Waals surface area contributed by atoms with E-state index in [1.807, 2.05) is 6.07 Å². The maximum atomic E-state index is 12.1. The summed E-state index contributed by atoms with van der Waals surface area (Å²) in [7, 11) is -2.91. The van der Waals surface area contributed by atoms with E-state index in [-0.39, 0.29) is 23.3 Å². The van der Waals surface area contributed by atoms with E-state index in [2.05, 4.69) is 10.3 Å². The number of thiophene rings is 1. The fourth-order valence-corrected chi connectivity index (χ4v) is 6.06. The van der Waals surface area contributed by atoms with Crippen molar-refractivity contribution < 1.29 is 13.2 Å². The van der Waals surface area contributed by atoms with Crippen molar-refractivity contribution in [2.75, 3.05) is 18.1 Å². The molecule has 22 heavy (non-hydrogen) atoms. The van der Waals surface area contributed by atoms with Crippen LogP contribution in [0.1, 0.15) is 16.9 Å². The van der Waals surface area contributed by atoms with Crippen LogP contribution in [-0.2, 0) is 9.84 Å². The minimum atomic E-state index is -2.91. The van der Waals surface area contributed by atoms with Crippen molar-refractivity contribution in [1.82, 2.24) is 10.3 Å². The van der Waals surface area contributed by atoms with Crippen LogP contribution in [0.5, 0.6) is 0 Å². The molecule has 0 aromatic carbocycles. The number of hydrogen-bond donors (Lipinski definition) is 1. The lowest BCUT2D eigenvalue weighted by Gasteiger charge is -2.08. The van der Waals surface area contributed by atoms with Crippen LogP contribution in [0.4, 0.5) is 0 Å². The number of aromatic nitrogens is 1. The van der Waals surface area contributed by atoms with Gasteiger partial charge in [0.2, 0.25) is 0 Å². The van der Waals surface area contributed by atoms with E-state index in [0.717, 1.165) is 9.88 Å². The third-order valence-corrected chi connectivity index (χ3v) is 7.48. The SMILES string of the molecule is O=C(NC[C@@H]1CCS(=O)(=O)C1)c1csc(-c2ccc(Cl)s2)n1. The zero-order valence-electron chi connectivity index (χ0n) is 11.4. The Balaban J connectivity index is 1.60. The van der Waals surface area contributed by atoms with Gasteiger partial charge in [0.15, 0.2) is 9.84 Å². The van der Waals surface area contributed by atoms with Crippen LogP contribution in [0.2, 0.25) is 4.34 Å². The third-order valence-electron chi connectivity index (χ3n) is 3.40. The Labute approximate surface area is 141 Å². The van der Waals surface area contributed by atoms with Gasteiger partial charge in [-0.05, 0) is 24.5 Å². The molecule has 0 spiro atoms. The first-order valence-corrected chi connectivity index (χ1v) is 10.5. The van der Waals surface area contributed by atoms with Crippen LogP contribution in [0.15, 0.2) is 17.5 Å². The number of rotatable bonds is 4. The summed E-state index contributed by atoms with van der Waals surface area (Å²) >= 11 is 8.69. The largest absolute Gasteiger partial charge is 0.350 e. The van der Waals surface area contributed by atoms with Gasteiger partial charge in [0, 0.05) is 11.9 Å². The number of carbonyl (C=O) groups is 1. The lowest BCUT2D eigenvalue weighted by atomic mass is 10.1. The second-order valence-corrected chi connectivity index (χ2v) is 9.92. The molecule has 0 bridgehead atoms. The van der Waals surface area contributed by atoms with Crippen molar-refractivity contribution in [2.24, 2.45) is 5.92 Å². The summed E-state index contributed by atoms with van der Waals surface area (Å²) in [5.41, 5.74) is 0.352. The molecule has 1 atom stereocenters. The molecule has 2 aromatic heterocycles. The molecule has 1 aliphatic heterocycles. The molecule has 0 aliphatic carbocycles. The molecule has 1 amide bonds. The molecule has 1 saturated heterocycles. The molecule has 1 fully saturated rings. The number of halogens is 1. The van der Waals surface area contributed by atoms with Gasteiger partial charge < -0.3 is 5.32 Å². The van der Waals surface area contributed by atoms with Crippen LogP contribution in [0.3, 0.4) is 0 Å². The van der Waals surface area contributed by atoms with E-state index in [1.165, 1.54) is 22.7 Å². The van der Waals surface area contributed by atoms with Crippen molar-refractivity contribution in [1.29, 1.82) is 0 Å². The molecule has 118 valence electrons. The number of amides is 1. The number of thiazole rings is 1. The highest BCUT2D eigenvalue weighted by Gasteiger charge is 2.28. The zero-order chi connectivity index (χ0) is 15.7. The lowest BCUT2D eigenvalue weighted by Crippen LogP contribution is -2.30. The van der Waals surface area contributed by atoms with Gasteiger partial charge in [0.1, 0.15) is 10.7 Å². The van der Waals surface area contributed by atoms with Crippen molar-refractivity contribution >= 4 is 50.0 Å². The van der Waals surface area contributed by atoms with E-state index in [9.17, 15) is 13.2 Å². The van der Waals surface area contributed by atoms with E-state index in [1.54, 1.807) is 11.4 Å². The monoisotopic (exact) mass is 376 g/mol. The number of carbonyl (C=O) groups excluding carboxylic acids is 1. The number of sulfone groups is 1. The molecule has 0 unspecified atom stereocenters. The molecular formula is C13H13ClN2O3S3. The summed E-state index contributed by atoms with van der Waals surface area (Å²) in [6.45, 7) is 0.371.